The first-order valence-electron chi connectivity index (χ1n) is 10.1. The van der Waals surface area contributed by atoms with Crippen LogP contribution in [-0.4, -0.2) is 36.5 Å². The summed E-state index contributed by atoms with van der Waals surface area (Å²) < 4.78 is 9.92. The molecule has 0 aliphatic heterocycles. The van der Waals surface area contributed by atoms with Crippen molar-refractivity contribution in [2.45, 2.75) is 32.4 Å². The molecule has 0 spiro atoms. The maximum atomic E-state index is 12.1. The third-order valence-electron chi connectivity index (χ3n) is 4.35. The Labute approximate surface area is 182 Å². The van der Waals surface area contributed by atoms with E-state index in [2.05, 4.69) is 5.32 Å². The quantitative estimate of drug-likeness (QED) is 0.555. The fourth-order valence-corrected chi connectivity index (χ4v) is 2.62. The van der Waals surface area contributed by atoms with E-state index in [0.717, 1.165) is 11.1 Å². The van der Waals surface area contributed by atoms with Crippen LogP contribution < -0.4 is 5.32 Å². The summed E-state index contributed by atoms with van der Waals surface area (Å²) in [6.45, 7) is 0.609. The van der Waals surface area contributed by atoms with Gasteiger partial charge in [0.1, 0.15) is 13.2 Å². The highest BCUT2D eigenvalue weighted by atomic mass is 16.7. The van der Waals surface area contributed by atoms with Gasteiger partial charge in [0.2, 0.25) is 11.8 Å². The topological polar surface area (TPSA) is 84.9 Å². The van der Waals surface area contributed by atoms with E-state index in [1.807, 2.05) is 60.7 Å². The molecule has 0 fully saturated rings. The fraction of sp³-hybridized carbons (Fsp3) is 0.292. The number of hydrogen-bond donors (Lipinski definition) is 1. The number of amides is 2. The zero-order chi connectivity index (χ0) is 22.3. The van der Waals surface area contributed by atoms with Gasteiger partial charge in [-0.3, -0.25) is 9.59 Å². The first kappa shape index (κ1) is 23.7. The summed E-state index contributed by atoms with van der Waals surface area (Å²) >= 11 is 0. The highest BCUT2D eigenvalue weighted by Crippen LogP contribution is 2.03. The van der Waals surface area contributed by atoms with Crippen molar-refractivity contribution >= 4 is 18.0 Å². The van der Waals surface area contributed by atoms with E-state index in [-0.39, 0.29) is 37.9 Å². The molecule has 1 N–H and O–H groups in total. The van der Waals surface area contributed by atoms with Gasteiger partial charge in [0, 0.05) is 32.6 Å². The molecular weight excluding hydrogens is 396 g/mol. The Morgan fingerprint density at radius 1 is 0.903 bits per heavy atom. The molecule has 7 heteroatoms. The molecular formula is C24H28N2O5. The molecule has 0 atom stereocenters. The lowest BCUT2D eigenvalue weighted by Gasteiger charge is -2.12. The molecule has 0 aliphatic rings. The van der Waals surface area contributed by atoms with Gasteiger partial charge in [0.25, 0.3) is 0 Å². The molecule has 0 radical (unpaired) electrons. The number of benzene rings is 2. The van der Waals surface area contributed by atoms with Gasteiger partial charge in [0.05, 0.1) is 0 Å². The number of rotatable bonds is 11. The van der Waals surface area contributed by atoms with Crippen molar-refractivity contribution in [2.24, 2.45) is 0 Å². The Morgan fingerprint density at radius 3 is 2.23 bits per heavy atom. The number of hydrogen-bond acceptors (Lipinski definition) is 5. The lowest BCUT2D eigenvalue weighted by molar-refractivity contribution is -0.127. The Kier molecular flexibility index (Phi) is 10.4. The molecule has 0 saturated carbocycles. The molecule has 164 valence electrons. The van der Waals surface area contributed by atoms with E-state index < -0.39 is 6.16 Å². The molecule has 0 aliphatic carbocycles. The summed E-state index contributed by atoms with van der Waals surface area (Å²) in [7, 11) is 1.61. The van der Waals surface area contributed by atoms with Gasteiger partial charge in [-0.25, -0.2) is 4.79 Å². The van der Waals surface area contributed by atoms with Crippen LogP contribution in [0.1, 0.15) is 30.4 Å². The number of ether oxygens (including phenoxy) is 2. The molecule has 2 rings (SSSR count). The molecule has 31 heavy (non-hydrogen) atoms. The van der Waals surface area contributed by atoms with Crippen molar-refractivity contribution in [2.75, 3.05) is 13.7 Å². The minimum absolute atomic E-state index is 0.00681. The third-order valence-corrected chi connectivity index (χ3v) is 4.35. The highest BCUT2D eigenvalue weighted by Gasteiger charge is 2.08. The first-order valence-corrected chi connectivity index (χ1v) is 10.1. The minimum Gasteiger partial charge on any atom is -0.430 e. The Hall–Kier alpha value is -3.61. The van der Waals surface area contributed by atoms with Gasteiger partial charge in [-0.1, -0.05) is 60.7 Å². The summed E-state index contributed by atoms with van der Waals surface area (Å²) in [6, 6.07) is 18.9. The smallest absolute Gasteiger partial charge is 0.430 e. The second-order valence-electron chi connectivity index (χ2n) is 6.84. The maximum Gasteiger partial charge on any atom is 0.508 e. The van der Waals surface area contributed by atoms with Crippen molar-refractivity contribution in [3.8, 4) is 0 Å². The second kappa shape index (κ2) is 13.6. The van der Waals surface area contributed by atoms with Gasteiger partial charge in [-0.15, -0.1) is 0 Å². The predicted octanol–water partition coefficient (Wildman–Crippen LogP) is 3.80. The van der Waals surface area contributed by atoms with Crippen LogP contribution >= 0.6 is 0 Å². The molecule has 2 amide bonds. The largest absolute Gasteiger partial charge is 0.508 e. The molecule has 0 unspecified atom stereocenters. The van der Waals surface area contributed by atoms with E-state index >= 15 is 0 Å². The Bertz CT molecular complexity index is 853. The first-order chi connectivity index (χ1) is 15.0. The van der Waals surface area contributed by atoms with Crippen LogP contribution in [0.3, 0.4) is 0 Å². The van der Waals surface area contributed by atoms with Crippen molar-refractivity contribution in [1.29, 1.82) is 0 Å². The average molecular weight is 424 g/mol. The molecule has 2 aromatic carbocycles. The van der Waals surface area contributed by atoms with Crippen LogP contribution in [0.2, 0.25) is 0 Å². The zero-order valence-electron chi connectivity index (χ0n) is 17.7. The van der Waals surface area contributed by atoms with Crippen LogP contribution in [0, 0.1) is 0 Å². The molecule has 0 saturated heterocycles. The summed E-state index contributed by atoms with van der Waals surface area (Å²) in [5.74, 6) is -0.212. The van der Waals surface area contributed by atoms with Crippen LogP contribution in [-0.2, 0) is 32.2 Å². The van der Waals surface area contributed by atoms with Gasteiger partial charge in [-0.2, -0.15) is 0 Å². The van der Waals surface area contributed by atoms with Crippen LogP contribution in [0.15, 0.2) is 72.9 Å². The van der Waals surface area contributed by atoms with E-state index in [1.165, 1.54) is 11.1 Å². The van der Waals surface area contributed by atoms with Gasteiger partial charge < -0.3 is 19.7 Å². The normalized spacial score (nSPS) is 10.5. The average Bonchev–Trinajstić information content (AvgIpc) is 2.80. The maximum absolute atomic E-state index is 12.1. The van der Waals surface area contributed by atoms with E-state index in [9.17, 15) is 14.4 Å². The molecule has 7 nitrogen and oxygen atoms in total. The molecule has 2 aromatic rings. The lowest BCUT2D eigenvalue weighted by atomic mass is 10.2. The Balaban J connectivity index is 1.54. The van der Waals surface area contributed by atoms with E-state index in [1.54, 1.807) is 13.1 Å². The number of carbonyl (C=O) groups is 3. The van der Waals surface area contributed by atoms with Gasteiger partial charge >= 0.3 is 6.16 Å². The van der Waals surface area contributed by atoms with E-state index in [0.29, 0.717) is 13.0 Å². The molecule has 0 bridgehead atoms. The van der Waals surface area contributed by atoms with Gasteiger partial charge in [-0.05, 0) is 23.6 Å². The predicted molar refractivity (Wildman–Crippen MR) is 117 cm³/mol. The number of carbonyl (C=O) groups excluding carboxylic acids is 3. The minimum atomic E-state index is -0.774. The number of nitrogens with one attached hydrogen (secondary N) is 1. The molecule has 0 heterocycles. The lowest BCUT2D eigenvalue weighted by Crippen LogP contribution is -2.24. The van der Waals surface area contributed by atoms with Crippen molar-refractivity contribution < 1.29 is 23.9 Å². The monoisotopic (exact) mass is 424 g/mol. The van der Waals surface area contributed by atoms with Crippen molar-refractivity contribution in [3.05, 3.63) is 84.1 Å². The second-order valence-corrected chi connectivity index (χ2v) is 6.84. The fourth-order valence-electron chi connectivity index (χ4n) is 2.62. The zero-order valence-corrected chi connectivity index (χ0v) is 17.7. The summed E-state index contributed by atoms with van der Waals surface area (Å²) in [6.07, 6.45) is 3.30. The SMILES string of the molecule is CN(/C=C/COC(=O)OCc1ccccc1)C(=O)CCCC(=O)NCc1ccccc1. The summed E-state index contributed by atoms with van der Waals surface area (Å²) in [4.78, 5) is 36.9. The van der Waals surface area contributed by atoms with Crippen LogP contribution in [0.4, 0.5) is 4.79 Å². The number of nitrogens with zero attached hydrogens (tertiary/aromatic N) is 1. The van der Waals surface area contributed by atoms with Crippen LogP contribution in [0.25, 0.3) is 0 Å². The van der Waals surface area contributed by atoms with Crippen molar-refractivity contribution in [1.82, 2.24) is 10.2 Å². The van der Waals surface area contributed by atoms with Crippen molar-refractivity contribution in [3.63, 3.8) is 0 Å². The third kappa shape index (κ3) is 10.1. The van der Waals surface area contributed by atoms with E-state index in [4.69, 9.17) is 9.47 Å². The summed E-state index contributed by atoms with van der Waals surface area (Å²) in [5, 5.41) is 2.84. The standard InChI is InChI=1S/C24H28N2O5/c1-26(16-9-17-30-24(29)31-19-21-12-6-3-7-13-21)23(28)15-8-14-22(27)25-18-20-10-4-2-5-11-20/h2-7,9-13,16H,8,14-15,17-19H2,1H3,(H,25,27)/b16-9+. The molecule has 0 aromatic heterocycles. The highest BCUT2D eigenvalue weighted by molar-refractivity contribution is 5.79. The van der Waals surface area contributed by atoms with Gasteiger partial charge in [0.15, 0.2) is 0 Å². The Morgan fingerprint density at radius 2 is 1.55 bits per heavy atom. The summed E-state index contributed by atoms with van der Waals surface area (Å²) in [5.41, 5.74) is 1.90. The van der Waals surface area contributed by atoms with Crippen LogP contribution in [0.5, 0.6) is 0 Å².